The lowest BCUT2D eigenvalue weighted by Gasteiger charge is -2.31. The zero-order valence-corrected chi connectivity index (χ0v) is 16.9. The van der Waals surface area contributed by atoms with Crippen molar-refractivity contribution in [1.29, 1.82) is 0 Å². The fourth-order valence-electron chi connectivity index (χ4n) is 3.47. The number of benzene rings is 1. The molecule has 0 aromatic heterocycles. The molecule has 1 atom stereocenters. The van der Waals surface area contributed by atoms with E-state index in [1.807, 2.05) is 6.92 Å². The summed E-state index contributed by atoms with van der Waals surface area (Å²) < 4.78 is 0. The minimum Gasteiger partial charge on any atom is -0.340 e. The van der Waals surface area contributed by atoms with E-state index in [0.29, 0.717) is 28.4 Å². The van der Waals surface area contributed by atoms with Crippen LogP contribution in [0.1, 0.15) is 18.5 Å². The summed E-state index contributed by atoms with van der Waals surface area (Å²) >= 11 is 6.31. The summed E-state index contributed by atoms with van der Waals surface area (Å²) in [6, 6.07) is 6.13. The van der Waals surface area contributed by atoms with Crippen molar-refractivity contribution in [3.05, 3.63) is 58.3 Å². The maximum Gasteiger partial charge on any atom is 0.322 e. The van der Waals surface area contributed by atoms with Crippen molar-refractivity contribution in [1.82, 2.24) is 20.0 Å². The van der Waals surface area contributed by atoms with Gasteiger partial charge in [0.05, 0.1) is 23.9 Å². The van der Waals surface area contributed by atoms with Gasteiger partial charge >= 0.3 is 6.03 Å². The first-order chi connectivity index (χ1) is 13.2. The molecule has 148 valence electrons. The zero-order valence-electron chi connectivity index (χ0n) is 16.2. The number of urea groups is 1. The number of amides is 4. The van der Waals surface area contributed by atoms with Gasteiger partial charge in [0.2, 0.25) is 5.91 Å². The number of hydrogen-bond donors (Lipinski definition) is 1. The highest BCUT2D eigenvalue weighted by Gasteiger charge is 2.43. The fourth-order valence-corrected chi connectivity index (χ4v) is 3.72. The smallest absolute Gasteiger partial charge is 0.322 e. The van der Waals surface area contributed by atoms with E-state index in [-0.39, 0.29) is 30.9 Å². The van der Waals surface area contributed by atoms with Crippen LogP contribution in [0.5, 0.6) is 0 Å². The van der Waals surface area contributed by atoms with E-state index in [2.05, 4.69) is 11.9 Å². The van der Waals surface area contributed by atoms with Gasteiger partial charge in [0.25, 0.3) is 5.91 Å². The highest BCUT2D eigenvalue weighted by Crippen LogP contribution is 2.37. The second-order valence-electron chi connectivity index (χ2n) is 7.19. The van der Waals surface area contributed by atoms with E-state index in [9.17, 15) is 14.4 Å². The third-order valence-electron chi connectivity index (χ3n) is 4.91. The van der Waals surface area contributed by atoms with Gasteiger partial charge in [-0.3, -0.25) is 14.5 Å². The molecule has 0 aliphatic carbocycles. The quantitative estimate of drug-likeness (QED) is 0.767. The lowest BCUT2D eigenvalue weighted by atomic mass is 9.96. The van der Waals surface area contributed by atoms with Crippen molar-refractivity contribution in [2.45, 2.75) is 13.0 Å². The lowest BCUT2D eigenvalue weighted by molar-refractivity contribution is -0.136. The Morgan fingerprint density at radius 3 is 2.68 bits per heavy atom. The number of rotatable bonds is 5. The van der Waals surface area contributed by atoms with E-state index >= 15 is 0 Å². The van der Waals surface area contributed by atoms with Crippen molar-refractivity contribution in [2.75, 3.05) is 33.7 Å². The molecule has 0 spiro atoms. The molecular formula is C20H23ClN4O3. The molecule has 2 aliphatic rings. The summed E-state index contributed by atoms with van der Waals surface area (Å²) in [5, 5.41) is 3.30. The SMILES string of the molecule is C=C(C)CN(C)C(=O)CN1CC2=C(C1=O)C(c1ccccc1Cl)NC(=O)N2C. The number of carbonyl (C=O) groups excluding carboxylic acids is 3. The minimum atomic E-state index is -0.645. The second-order valence-corrected chi connectivity index (χ2v) is 7.60. The Bertz CT molecular complexity index is 895. The molecule has 8 heteroatoms. The van der Waals surface area contributed by atoms with Crippen molar-refractivity contribution >= 4 is 29.4 Å². The standard InChI is InChI=1S/C20H23ClN4O3/c1-12(2)9-23(3)16(26)11-25-10-15-17(19(25)27)18(22-20(28)24(15)4)13-7-5-6-8-14(13)21/h5-8,18H,1,9-11H2,2-4H3,(H,22,28). The maximum absolute atomic E-state index is 13.1. The van der Waals surface area contributed by atoms with Crippen molar-refractivity contribution in [3.63, 3.8) is 0 Å². The van der Waals surface area contributed by atoms with Crippen molar-refractivity contribution in [2.24, 2.45) is 0 Å². The Hall–Kier alpha value is -2.80. The average molecular weight is 403 g/mol. The average Bonchev–Trinajstić information content (AvgIpc) is 2.95. The third kappa shape index (κ3) is 3.62. The Balaban J connectivity index is 1.88. The van der Waals surface area contributed by atoms with Crippen molar-refractivity contribution < 1.29 is 14.4 Å². The third-order valence-corrected chi connectivity index (χ3v) is 5.25. The zero-order chi connectivity index (χ0) is 20.6. The molecule has 2 aliphatic heterocycles. The summed E-state index contributed by atoms with van der Waals surface area (Å²) in [6.07, 6.45) is 0. The van der Waals surface area contributed by atoms with E-state index in [4.69, 9.17) is 11.6 Å². The number of nitrogens with zero attached hydrogens (tertiary/aromatic N) is 3. The molecule has 0 saturated carbocycles. The number of likely N-dealkylation sites (N-methyl/N-ethyl adjacent to an activating group) is 2. The highest BCUT2D eigenvalue weighted by atomic mass is 35.5. The molecule has 7 nitrogen and oxygen atoms in total. The molecule has 1 aromatic rings. The van der Waals surface area contributed by atoms with Crippen LogP contribution in [-0.4, -0.2) is 66.3 Å². The molecule has 0 fully saturated rings. The molecule has 0 radical (unpaired) electrons. The highest BCUT2D eigenvalue weighted by molar-refractivity contribution is 6.31. The van der Waals surface area contributed by atoms with E-state index < -0.39 is 6.04 Å². The molecule has 2 heterocycles. The number of nitrogens with one attached hydrogen (secondary N) is 1. The van der Waals surface area contributed by atoms with Crippen LogP contribution in [0.4, 0.5) is 4.79 Å². The van der Waals surface area contributed by atoms with Crippen LogP contribution in [0, 0.1) is 0 Å². The van der Waals surface area contributed by atoms with Gasteiger partial charge in [0.1, 0.15) is 6.54 Å². The first-order valence-electron chi connectivity index (χ1n) is 8.90. The van der Waals surface area contributed by atoms with Gasteiger partial charge in [-0.15, -0.1) is 0 Å². The summed E-state index contributed by atoms with van der Waals surface area (Å²) in [5.41, 5.74) is 2.55. The number of halogens is 1. The number of carbonyl (C=O) groups is 3. The monoisotopic (exact) mass is 402 g/mol. The van der Waals surface area contributed by atoms with Gasteiger partial charge in [0, 0.05) is 25.7 Å². The first kappa shape index (κ1) is 19.9. The topological polar surface area (TPSA) is 73.0 Å². The Morgan fingerprint density at radius 2 is 2.04 bits per heavy atom. The predicted octanol–water partition coefficient (Wildman–Crippen LogP) is 2.17. The van der Waals surface area contributed by atoms with Gasteiger partial charge in [-0.25, -0.2) is 4.79 Å². The van der Waals surface area contributed by atoms with Gasteiger partial charge in [0.15, 0.2) is 0 Å². The van der Waals surface area contributed by atoms with Gasteiger partial charge in [-0.2, -0.15) is 0 Å². The molecule has 1 N–H and O–H groups in total. The fraction of sp³-hybridized carbons (Fsp3) is 0.350. The van der Waals surface area contributed by atoms with Crippen LogP contribution < -0.4 is 5.32 Å². The van der Waals surface area contributed by atoms with Crippen LogP contribution >= 0.6 is 11.6 Å². The van der Waals surface area contributed by atoms with Crippen LogP contribution in [0.2, 0.25) is 5.02 Å². The Morgan fingerprint density at radius 1 is 1.36 bits per heavy atom. The minimum absolute atomic E-state index is 0.0626. The van der Waals surface area contributed by atoms with E-state index in [1.54, 1.807) is 38.4 Å². The van der Waals surface area contributed by atoms with E-state index in [0.717, 1.165) is 5.57 Å². The van der Waals surface area contributed by atoms with Gasteiger partial charge in [-0.1, -0.05) is 42.0 Å². The van der Waals surface area contributed by atoms with Crippen LogP contribution in [0.25, 0.3) is 0 Å². The molecule has 4 amide bonds. The summed E-state index contributed by atoms with van der Waals surface area (Å²) in [7, 11) is 3.29. The summed E-state index contributed by atoms with van der Waals surface area (Å²) in [5.74, 6) is -0.462. The van der Waals surface area contributed by atoms with Crippen LogP contribution in [0.3, 0.4) is 0 Å². The van der Waals surface area contributed by atoms with Gasteiger partial charge in [-0.05, 0) is 18.6 Å². The largest absolute Gasteiger partial charge is 0.340 e. The van der Waals surface area contributed by atoms with E-state index in [1.165, 1.54) is 14.7 Å². The molecule has 0 bridgehead atoms. The molecule has 28 heavy (non-hydrogen) atoms. The van der Waals surface area contributed by atoms with Crippen LogP contribution in [0.15, 0.2) is 47.7 Å². The number of hydrogen-bond acceptors (Lipinski definition) is 3. The second kappa shape index (κ2) is 7.67. The molecule has 1 unspecified atom stereocenters. The predicted molar refractivity (Wildman–Crippen MR) is 107 cm³/mol. The maximum atomic E-state index is 13.1. The Labute approximate surface area is 169 Å². The summed E-state index contributed by atoms with van der Waals surface area (Å²) in [6.45, 7) is 6.21. The van der Waals surface area contributed by atoms with Crippen molar-refractivity contribution in [3.8, 4) is 0 Å². The van der Waals surface area contributed by atoms with Gasteiger partial charge < -0.3 is 15.1 Å². The lowest BCUT2D eigenvalue weighted by Crippen LogP contribution is -2.45. The molecular weight excluding hydrogens is 380 g/mol. The molecule has 0 saturated heterocycles. The van der Waals surface area contributed by atoms with Crippen LogP contribution in [-0.2, 0) is 9.59 Å². The normalized spacial score (nSPS) is 18.9. The summed E-state index contributed by atoms with van der Waals surface area (Å²) in [4.78, 5) is 42.5. The molecule has 3 rings (SSSR count). The Kier molecular flexibility index (Phi) is 5.47. The molecule has 1 aromatic carbocycles. The first-order valence-corrected chi connectivity index (χ1v) is 9.27.